The first-order chi connectivity index (χ1) is 12.5. The minimum absolute atomic E-state index is 0.455. The molecule has 0 aliphatic carbocycles. The van der Waals surface area contributed by atoms with Gasteiger partial charge in [-0.3, -0.25) is 0 Å². The van der Waals surface area contributed by atoms with Crippen molar-refractivity contribution in [3.8, 4) is 0 Å². The zero-order chi connectivity index (χ0) is 18.3. The van der Waals surface area contributed by atoms with Crippen LogP contribution in [0.25, 0.3) is 21.9 Å². The molecule has 0 saturated carbocycles. The van der Waals surface area contributed by atoms with E-state index >= 15 is 0 Å². The summed E-state index contributed by atoms with van der Waals surface area (Å²) in [5, 5.41) is 5.97. The van der Waals surface area contributed by atoms with Gasteiger partial charge >= 0.3 is 0 Å². The SMILES string of the molecule is CC(C)c1ccc(Nc2cccc3oc4ccccc4c23)c(C(C)C)c1. The molecule has 0 fully saturated rings. The predicted octanol–water partition coefficient (Wildman–Crippen LogP) is 7.58. The molecule has 0 unspecified atom stereocenters. The van der Waals surface area contributed by atoms with Crippen LogP contribution in [0.3, 0.4) is 0 Å². The maximum Gasteiger partial charge on any atom is 0.137 e. The van der Waals surface area contributed by atoms with Gasteiger partial charge in [-0.25, -0.2) is 0 Å². The van der Waals surface area contributed by atoms with E-state index in [4.69, 9.17) is 4.42 Å². The Kier molecular flexibility index (Phi) is 4.20. The van der Waals surface area contributed by atoms with Crippen LogP contribution in [0.4, 0.5) is 11.4 Å². The van der Waals surface area contributed by atoms with E-state index in [0.717, 1.165) is 27.6 Å². The van der Waals surface area contributed by atoms with Gasteiger partial charge in [-0.15, -0.1) is 0 Å². The van der Waals surface area contributed by atoms with Crippen LogP contribution >= 0.6 is 0 Å². The van der Waals surface area contributed by atoms with Gasteiger partial charge in [-0.1, -0.05) is 64.1 Å². The van der Waals surface area contributed by atoms with Gasteiger partial charge in [0, 0.05) is 11.1 Å². The third-order valence-corrected chi connectivity index (χ3v) is 5.04. The standard InChI is InChI=1S/C24H25NO/c1-15(2)17-12-13-20(19(14-17)16(3)4)25-21-9-7-11-23-24(21)18-8-5-6-10-22(18)26-23/h5-16,25H,1-4H3. The third kappa shape index (κ3) is 2.86. The lowest BCUT2D eigenvalue weighted by molar-refractivity contribution is 0.669. The molecule has 0 radical (unpaired) electrons. The van der Waals surface area contributed by atoms with Crippen LogP contribution in [0.5, 0.6) is 0 Å². The molecule has 0 saturated heterocycles. The molecular formula is C24H25NO. The number of rotatable bonds is 4. The van der Waals surface area contributed by atoms with Crippen molar-refractivity contribution in [1.29, 1.82) is 0 Å². The van der Waals surface area contributed by atoms with Crippen molar-refractivity contribution in [3.05, 3.63) is 71.8 Å². The fraction of sp³-hybridized carbons (Fsp3) is 0.250. The quantitative estimate of drug-likeness (QED) is 0.413. The monoisotopic (exact) mass is 343 g/mol. The molecule has 0 bridgehead atoms. The second kappa shape index (κ2) is 6.53. The average molecular weight is 343 g/mol. The minimum Gasteiger partial charge on any atom is -0.456 e. The second-order valence-corrected chi connectivity index (χ2v) is 7.56. The summed E-state index contributed by atoms with van der Waals surface area (Å²) in [4.78, 5) is 0. The molecule has 26 heavy (non-hydrogen) atoms. The van der Waals surface area contributed by atoms with Crippen LogP contribution in [0.1, 0.15) is 50.7 Å². The Morgan fingerprint density at radius 3 is 2.27 bits per heavy atom. The zero-order valence-corrected chi connectivity index (χ0v) is 15.8. The normalized spacial score (nSPS) is 11.8. The zero-order valence-electron chi connectivity index (χ0n) is 15.8. The Balaban J connectivity index is 1.85. The van der Waals surface area contributed by atoms with Gasteiger partial charge < -0.3 is 9.73 Å². The molecule has 4 rings (SSSR count). The van der Waals surface area contributed by atoms with Gasteiger partial charge in [-0.05, 0) is 47.2 Å². The summed E-state index contributed by atoms with van der Waals surface area (Å²) in [6.07, 6.45) is 0. The number of para-hydroxylation sites is 1. The Labute approximate surface area is 154 Å². The average Bonchev–Trinajstić information content (AvgIpc) is 3.01. The molecule has 0 atom stereocenters. The Bertz CT molecular complexity index is 1070. The highest BCUT2D eigenvalue weighted by atomic mass is 16.3. The molecule has 0 aliphatic heterocycles. The first-order valence-corrected chi connectivity index (χ1v) is 9.35. The number of furan rings is 1. The van der Waals surface area contributed by atoms with Gasteiger partial charge in [0.05, 0.1) is 11.1 Å². The van der Waals surface area contributed by atoms with Crippen molar-refractivity contribution < 1.29 is 4.42 Å². The first-order valence-electron chi connectivity index (χ1n) is 9.35. The maximum atomic E-state index is 6.02. The summed E-state index contributed by atoms with van der Waals surface area (Å²) < 4.78 is 6.02. The maximum absolute atomic E-state index is 6.02. The van der Waals surface area contributed by atoms with Gasteiger partial charge in [0.25, 0.3) is 0 Å². The lowest BCUT2D eigenvalue weighted by atomic mass is 9.94. The van der Waals surface area contributed by atoms with E-state index in [1.165, 1.54) is 16.8 Å². The molecule has 2 nitrogen and oxygen atoms in total. The van der Waals surface area contributed by atoms with Crippen LogP contribution < -0.4 is 5.32 Å². The van der Waals surface area contributed by atoms with E-state index in [-0.39, 0.29) is 0 Å². The van der Waals surface area contributed by atoms with Crippen LogP contribution in [0.15, 0.2) is 65.1 Å². The summed E-state index contributed by atoms with van der Waals surface area (Å²) in [5.41, 5.74) is 6.83. The largest absolute Gasteiger partial charge is 0.456 e. The highest BCUT2D eigenvalue weighted by molar-refractivity contribution is 6.12. The van der Waals surface area contributed by atoms with Crippen molar-refractivity contribution in [1.82, 2.24) is 0 Å². The van der Waals surface area contributed by atoms with Crippen molar-refractivity contribution in [2.24, 2.45) is 0 Å². The summed E-state index contributed by atoms with van der Waals surface area (Å²) in [6.45, 7) is 8.98. The van der Waals surface area contributed by atoms with Gasteiger partial charge in [0.15, 0.2) is 0 Å². The number of hydrogen-bond donors (Lipinski definition) is 1. The topological polar surface area (TPSA) is 25.2 Å². The first kappa shape index (κ1) is 16.7. The smallest absolute Gasteiger partial charge is 0.137 e. The highest BCUT2D eigenvalue weighted by Gasteiger charge is 2.14. The summed E-state index contributed by atoms with van der Waals surface area (Å²) in [5.74, 6) is 0.985. The molecule has 4 aromatic rings. The number of anilines is 2. The number of benzene rings is 3. The van der Waals surface area contributed by atoms with Crippen molar-refractivity contribution in [3.63, 3.8) is 0 Å². The minimum atomic E-state index is 0.455. The van der Waals surface area contributed by atoms with Gasteiger partial charge in [0.2, 0.25) is 0 Å². The molecular weight excluding hydrogens is 318 g/mol. The van der Waals surface area contributed by atoms with E-state index in [2.05, 4.69) is 69.4 Å². The van der Waals surface area contributed by atoms with Crippen molar-refractivity contribution in [2.75, 3.05) is 5.32 Å². The van der Waals surface area contributed by atoms with E-state index in [0.29, 0.717) is 11.8 Å². The molecule has 1 aromatic heterocycles. The second-order valence-electron chi connectivity index (χ2n) is 7.56. The molecule has 2 heteroatoms. The molecule has 1 N–H and O–H groups in total. The van der Waals surface area contributed by atoms with Crippen molar-refractivity contribution >= 4 is 33.3 Å². The fourth-order valence-corrected chi connectivity index (χ4v) is 3.56. The third-order valence-electron chi connectivity index (χ3n) is 5.04. The fourth-order valence-electron chi connectivity index (χ4n) is 3.56. The summed E-state index contributed by atoms with van der Waals surface area (Å²) in [6, 6.07) is 21.2. The molecule has 132 valence electrons. The Hall–Kier alpha value is -2.74. The molecule has 0 amide bonds. The summed E-state index contributed by atoms with van der Waals surface area (Å²) in [7, 11) is 0. The van der Waals surface area contributed by atoms with Crippen molar-refractivity contribution in [2.45, 2.75) is 39.5 Å². The lowest BCUT2D eigenvalue weighted by Crippen LogP contribution is -2.00. The lowest BCUT2D eigenvalue weighted by Gasteiger charge is -2.18. The van der Waals surface area contributed by atoms with E-state index < -0.39 is 0 Å². The Morgan fingerprint density at radius 1 is 0.731 bits per heavy atom. The highest BCUT2D eigenvalue weighted by Crippen LogP contribution is 2.37. The molecule has 0 spiro atoms. The number of nitrogens with one attached hydrogen (secondary N) is 1. The number of hydrogen-bond acceptors (Lipinski definition) is 2. The number of fused-ring (bicyclic) bond motifs is 3. The van der Waals surface area contributed by atoms with Gasteiger partial charge in [-0.2, -0.15) is 0 Å². The van der Waals surface area contributed by atoms with E-state index in [9.17, 15) is 0 Å². The summed E-state index contributed by atoms with van der Waals surface area (Å²) >= 11 is 0. The van der Waals surface area contributed by atoms with Crippen LogP contribution in [0, 0.1) is 0 Å². The van der Waals surface area contributed by atoms with Gasteiger partial charge in [0.1, 0.15) is 11.2 Å². The van der Waals surface area contributed by atoms with E-state index in [1.54, 1.807) is 0 Å². The predicted molar refractivity (Wildman–Crippen MR) is 112 cm³/mol. The molecule has 1 heterocycles. The van der Waals surface area contributed by atoms with Crippen LogP contribution in [0.2, 0.25) is 0 Å². The van der Waals surface area contributed by atoms with Crippen LogP contribution in [-0.2, 0) is 0 Å². The molecule has 3 aromatic carbocycles. The molecule has 0 aliphatic rings. The van der Waals surface area contributed by atoms with Crippen LogP contribution in [-0.4, -0.2) is 0 Å². The Morgan fingerprint density at radius 2 is 1.50 bits per heavy atom. The van der Waals surface area contributed by atoms with E-state index in [1.807, 2.05) is 24.3 Å².